The summed E-state index contributed by atoms with van der Waals surface area (Å²) < 4.78 is 10.7. The second-order valence-corrected chi connectivity index (χ2v) is 7.22. The van der Waals surface area contributed by atoms with Gasteiger partial charge in [0.1, 0.15) is 18.2 Å². The molecule has 10 heteroatoms. The van der Waals surface area contributed by atoms with Gasteiger partial charge in [-0.1, -0.05) is 0 Å². The van der Waals surface area contributed by atoms with Crippen molar-refractivity contribution in [2.45, 2.75) is 18.5 Å². The molecule has 31 heavy (non-hydrogen) atoms. The fourth-order valence-electron chi connectivity index (χ4n) is 3.44. The summed E-state index contributed by atoms with van der Waals surface area (Å²) in [6, 6.07) is 5.90. The number of anilines is 1. The van der Waals surface area contributed by atoms with E-state index in [-0.39, 0.29) is 17.8 Å². The van der Waals surface area contributed by atoms with E-state index < -0.39 is 11.9 Å². The highest BCUT2D eigenvalue weighted by Crippen LogP contribution is 2.30. The third-order valence-corrected chi connectivity index (χ3v) is 5.15. The molecule has 2 amide bonds. The highest BCUT2D eigenvalue weighted by Gasteiger charge is 2.34. The summed E-state index contributed by atoms with van der Waals surface area (Å²) >= 11 is 5.92. The Hall–Kier alpha value is -3.30. The first-order chi connectivity index (χ1) is 15.2. The summed E-state index contributed by atoms with van der Waals surface area (Å²) in [5, 5.41) is 2.96. The van der Waals surface area contributed by atoms with Crippen molar-refractivity contribution in [2.75, 3.05) is 24.0 Å². The largest absolute Gasteiger partial charge is 0.444 e. The highest BCUT2D eigenvalue weighted by atomic mass is 35.5. The molecule has 1 aliphatic heterocycles. The number of alkyl halides is 1. The number of carbonyl (C=O) groups is 2. The molecule has 0 aliphatic carbocycles. The van der Waals surface area contributed by atoms with Gasteiger partial charge in [0.15, 0.2) is 12.2 Å². The minimum atomic E-state index is -0.996. The lowest BCUT2D eigenvalue weighted by atomic mass is 10.0. The van der Waals surface area contributed by atoms with Gasteiger partial charge in [0.2, 0.25) is 11.8 Å². The number of ether oxygens (including phenoxy) is 1. The van der Waals surface area contributed by atoms with Crippen LogP contribution in [0.1, 0.15) is 18.0 Å². The molecule has 1 saturated heterocycles. The van der Waals surface area contributed by atoms with Crippen LogP contribution in [0, 0.1) is 0 Å². The van der Waals surface area contributed by atoms with Crippen LogP contribution in [0.25, 0.3) is 11.3 Å². The van der Waals surface area contributed by atoms with Crippen LogP contribution in [0.2, 0.25) is 0 Å². The molecule has 0 unspecified atom stereocenters. The van der Waals surface area contributed by atoms with E-state index in [4.69, 9.17) is 20.8 Å². The number of carbonyl (C=O) groups excluding carboxylic acids is 2. The molecule has 1 N–H and O–H groups in total. The Kier molecular flexibility index (Phi) is 6.54. The summed E-state index contributed by atoms with van der Waals surface area (Å²) in [7, 11) is 0. The van der Waals surface area contributed by atoms with Crippen molar-refractivity contribution >= 4 is 29.1 Å². The molecule has 0 spiro atoms. The van der Waals surface area contributed by atoms with Gasteiger partial charge in [0.25, 0.3) is 0 Å². The van der Waals surface area contributed by atoms with Gasteiger partial charge in [-0.05, 0) is 30.7 Å². The average molecular weight is 442 g/mol. The van der Waals surface area contributed by atoms with Gasteiger partial charge >= 0.3 is 0 Å². The summed E-state index contributed by atoms with van der Waals surface area (Å²) in [5.74, 6) is -0.494. The molecular weight excluding hydrogens is 422 g/mol. The molecule has 1 aliphatic rings. The lowest BCUT2D eigenvalue weighted by molar-refractivity contribution is -0.126. The zero-order valence-electron chi connectivity index (χ0n) is 16.5. The Morgan fingerprint density at radius 1 is 1.16 bits per heavy atom. The maximum absolute atomic E-state index is 13.3. The number of oxazole rings is 1. The van der Waals surface area contributed by atoms with Crippen LogP contribution in [0.5, 0.6) is 0 Å². The monoisotopic (exact) mass is 441 g/mol. The maximum atomic E-state index is 13.3. The van der Waals surface area contributed by atoms with Gasteiger partial charge in [-0.15, -0.1) is 11.6 Å². The first-order valence-electron chi connectivity index (χ1n) is 9.67. The average Bonchev–Trinajstić information content (AvgIpc) is 3.52. The molecule has 0 saturated carbocycles. The minimum Gasteiger partial charge on any atom is -0.444 e. The molecule has 2 atom stereocenters. The predicted molar refractivity (Wildman–Crippen MR) is 112 cm³/mol. The molecule has 1 aromatic carbocycles. The second kappa shape index (κ2) is 9.67. The van der Waals surface area contributed by atoms with Crippen LogP contribution >= 0.6 is 11.6 Å². The van der Waals surface area contributed by atoms with E-state index in [1.54, 1.807) is 30.5 Å². The van der Waals surface area contributed by atoms with E-state index in [9.17, 15) is 9.59 Å². The molecular formula is C21H20ClN5O4. The van der Waals surface area contributed by atoms with Crippen molar-refractivity contribution in [3.8, 4) is 11.3 Å². The van der Waals surface area contributed by atoms with Crippen LogP contribution in [-0.4, -0.2) is 51.9 Å². The molecule has 9 nitrogen and oxygen atoms in total. The van der Waals surface area contributed by atoms with E-state index in [1.807, 2.05) is 0 Å². The summed E-state index contributed by atoms with van der Waals surface area (Å²) in [4.78, 5) is 39.5. The Bertz CT molecular complexity index is 1010. The number of aromatic nitrogens is 3. The number of hydrogen-bond donors (Lipinski definition) is 1. The van der Waals surface area contributed by atoms with Crippen molar-refractivity contribution in [2.24, 2.45) is 0 Å². The Morgan fingerprint density at radius 2 is 1.94 bits per heavy atom. The number of nitrogens with zero attached hydrogens (tertiary/aromatic N) is 4. The summed E-state index contributed by atoms with van der Waals surface area (Å²) in [5.41, 5.74) is 1.75. The number of nitrogens with one attached hydrogen (secondary N) is 1. The third kappa shape index (κ3) is 4.73. The van der Waals surface area contributed by atoms with Gasteiger partial charge in [0, 0.05) is 35.8 Å². The Labute approximate surface area is 183 Å². The minimum absolute atomic E-state index is 0.124. The fourth-order valence-corrected chi connectivity index (χ4v) is 3.57. The maximum Gasteiger partial charge on any atom is 0.248 e. The molecule has 1 fully saturated rings. The van der Waals surface area contributed by atoms with Gasteiger partial charge in [0.05, 0.1) is 18.8 Å². The number of halogens is 1. The number of hydrogen-bond acceptors (Lipinski definition) is 7. The number of rotatable bonds is 7. The number of benzene rings is 1. The van der Waals surface area contributed by atoms with Crippen LogP contribution in [0.15, 0.2) is 60.0 Å². The molecule has 160 valence electrons. The molecule has 0 radical (unpaired) electrons. The topological polar surface area (TPSA) is 110 Å². The molecule has 3 aromatic rings. The van der Waals surface area contributed by atoms with Gasteiger partial charge < -0.3 is 14.5 Å². The van der Waals surface area contributed by atoms with Crippen LogP contribution in [0.4, 0.5) is 5.69 Å². The van der Waals surface area contributed by atoms with Gasteiger partial charge in [-0.2, -0.15) is 0 Å². The summed E-state index contributed by atoms with van der Waals surface area (Å²) in [6.07, 6.45) is 8.04. The van der Waals surface area contributed by atoms with Crippen LogP contribution in [-0.2, 0) is 14.3 Å². The van der Waals surface area contributed by atoms with E-state index in [2.05, 4.69) is 20.3 Å². The van der Waals surface area contributed by atoms with Crippen LogP contribution in [0.3, 0.4) is 0 Å². The molecule has 3 heterocycles. The van der Waals surface area contributed by atoms with E-state index in [0.717, 1.165) is 5.56 Å². The van der Waals surface area contributed by atoms with E-state index in [1.165, 1.54) is 30.0 Å². The first-order valence-corrected chi connectivity index (χ1v) is 10.2. The van der Waals surface area contributed by atoms with Crippen molar-refractivity contribution in [3.05, 3.63) is 61.1 Å². The highest BCUT2D eigenvalue weighted by molar-refractivity contribution is 6.29. The van der Waals surface area contributed by atoms with Crippen molar-refractivity contribution in [1.29, 1.82) is 0 Å². The second-order valence-electron chi connectivity index (χ2n) is 6.95. The van der Waals surface area contributed by atoms with E-state index >= 15 is 0 Å². The third-order valence-electron chi connectivity index (χ3n) is 4.92. The molecule has 0 bridgehead atoms. The number of amides is 2. The smallest absolute Gasteiger partial charge is 0.248 e. The van der Waals surface area contributed by atoms with Crippen molar-refractivity contribution in [1.82, 2.24) is 20.3 Å². The predicted octanol–water partition coefficient (Wildman–Crippen LogP) is 2.35. The van der Waals surface area contributed by atoms with E-state index in [0.29, 0.717) is 36.6 Å². The van der Waals surface area contributed by atoms with Crippen molar-refractivity contribution in [3.63, 3.8) is 0 Å². The standard InChI is InChI=1S/C21H20ClN5O4/c22-7-19(28)27(17-3-1-14(2-4-17)18-10-25-13-31-18)20(15-8-23-12-24-9-15)21(29)26-16-5-6-30-11-16/h1-4,8-10,12-13,16,20H,5-7,11H2,(H,26,29)/t16-,20-/m1/s1. The Balaban J connectivity index is 1.70. The quantitative estimate of drug-likeness (QED) is 0.560. The normalized spacial score (nSPS) is 16.6. The van der Waals surface area contributed by atoms with Crippen molar-refractivity contribution < 1.29 is 18.7 Å². The zero-order valence-corrected chi connectivity index (χ0v) is 17.2. The lowest BCUT2D eigenvalue weighted by Crippen LogP contribution is -2.47. The zero-order chi connectivity index (χ0) is 21.6. The van der Waals surface area contributed by atoms with Gasteiger partial charge in [-0.25, -0.2) is 15.0 Å². The molecule has 4 rings (SSSR count). The molecule has 2 aromatic heterocycles. The Morgan fingerprint density at radius 3 is 2.55 bits per heavy atom. The summed E-state index contributed by atoms with van der Waals surface area (Å²) in [6.45, 7) is 1.01. The SMILES string of the molecule is O=C(N[C@@H]1CCOC1)[C@@H](c1cncnc1)N(C(=O)CCl)c1ccc(-c2cnco2)cc1. The van der Waals surface area contributed by atoms with Gasteiger partial charge in [-0.3, -0.25) is 14.5 Å². The van der Waals surface area contributed by atoms with Crippen LogP contribution < -0.4 is 10.2 Å². The fraction of sp³-hybridized carbons (Fsp3) is 0.286. The first kappa shape index (κ1) is 21.0. The lowest BCUT2D eigenvalue weighted by Gasteiger charge is -2.31.